The molecule has 0 unspecified atom stereocenters. The minimum atomic E-state index is 0.228. The van der Waals surface area contributed by atoms with Crippen molar-refractivity contribution in [1.29, 1.82) is 0 Å². The number of phenolic OH excluding ortho intramolecular Hbond substituents is 1. The van der Waals surface area contributed by atoms with Crippen molar-refractivity contribution in [2.45, 2.75) is 6.92 Å². The highest BCUT2D eigenvalue weighted by atomic mass is 16.3. The van der Waals surface area contributed by atoms with Crippen molar-refractivity contribution in [3.8, 4) is 17.1 Å². The molecule has 0 spiro atoms. The molecule has 0 aliphatic carbocycles. The molecule has 0 bridgehead atoms. The molecule has 1 heterocycles. The van der Waals surface area contributed by atoms with Crippen LogP contribution < -0.4 is 0 Å². The van der Waals surface area contributed by atoms with Crippen LogP contribution in [0, 0.1) is 6.92 Å². The highest BCUT2D eigenvalue weighted by molar-refractivity contribution is 5.56. The molecule has 1 aromatic carbocycles. The van der Waals surface area contributed by atoms with E-state index in [9.17, 15) is 5.11 Å². The van der Waals surface area contributed by atoms with Crippen molar-refractivity contribution in [3.63, 3.8) is 0 Å². The lowest BCUT2D eigenvalue weighted by Crippen LogP contribution is -1.88. The van der Waals surface area contributed by atoms with Gasteiger partial charge in [0, 0.05) is 18.0 Å². The summed E-state index contributed by atoms with van der Waals surface area (Å²) in [5, 5.41) is 9.27. The number of hydrogen-bond acceptors (Lipinski definition) is 3. The Morgan fingerprint density at radius 1 is 1.14 bits per heavy atom. The van der Waals surface area contributed by atoms with Crippen LogP contribution in [0.5, 0.6) is 5.75 Å². The largest absolute Gasteiger partial charge is 0.508 e. The van der Waals surface area contributed by atoms with Gasteiger partial charge in [-0.3, -0.25) is 0 Å². The fraction of sp³-hybridized carbons (Fsp3) is 0.0909. The van der Waals surface area contributed by atoms with Crippen LogP contribution in [0.1, 0.15) is 5.56 Å². The quantitative estimate of drug-likeness (QED) is 0.742. The molecule has 1 N–H and O–H groups in total. The highest BCUT2D eigenvalue weighted by Gasteiger charge is 2.00. The van der Waals surface area contributed by atoms with Crippen LogP contribution >= 0.6 is 0 Å². The maximum Gasteiger partial charge on any atom is 0.159 e. The number of aromatic hydroxyl groups is 1. The molecule has 0 aliphatic rings. The molecule has 70 valence electrons. The first-order chi connectivity index (χ1) is 6.75. The van der Waals surface area contributed by atoms with Gasteiger partial charge in [0.25, 0.3) is 0 Å². The zero-order valence-corrected chi connectivity index (χ0v) is 7.81. The lowest BCUT2D eigenvalue weighted by atomic mass is 10.2. The molecular weight excluding hydrogens is 176 g/mol. The first-order valence-corrected chi connectivity index (χ1v) is 4.34. The van der Waals surface area contributed by atoms with E-state index < -0.39 is 0 Å². The molecule has 0 radical (unpaired) electrons. The van der Waals surface area contributed by atoms with E-state index >= 15 is 0 Å². The normalized spacial score (nSPS) is 10.1. The van der Waals surface area contributed by atoms with Crippen molar-refractivity contribution in [2.75, 3.05) is 0 Å². The van der Waals surface area contributed by atoms with E-state index in [4.69, 9.17) is 0 Å². The van der Waals surface area contributed by atoms with Gasteiger partial charge in [0.2, 0.25) is 0 Å². The summed E-state index contributed by atoms with van der Waals surface area (Å²) < 4.78 is 0. The smallest absolute Gasteiger partial charge is 0.159 e. The summed E-state index contributed by atoms with van der Waals surface area (Å²) in [6.07, 6.45) is 3.51. The van der Waals surface area contributed by atoms with E-state index in [0.717, 1.165) is 11.1 Å². The van der Waals surface area contributed by atoms with Gasteiger partial charge in [-0.05, 0) is 24.6 Å². The fourth-order valence-electron chi connectivity index (χ4n) is 1.19. The predicted molar refractivity (Wildman–Crippen MR) is 53.9 cm³/mol. The van der Waals surface area contributed by atoms with Crippen LogP contribution in [0.15, 0.2) is 36.7 Å². The van der Waals surface area contributed by atoms with Crippen LogP contribution in [-0.2, 0) is 0 Å². The number of hydrogen-bond donors (Lipinski definition) is 1. The van der Waals surface area contributed by atoms with Gasteiger partial charge in [-0.2, -0.15) is 0 Å². The second kappa shape index (κ2) is 3.46. The number of aryl methyl sites for hydroxylation is 1. The second-order valence-electron chi connectivity index (χ2n) is 3.13. The molecule has 0 aliphatic heterocycles. The zero-order valence-electron chi connectivity index (χ0n) is 7.81. The lowest BCUT2D eigenvalue weighted by molar-refractivity contribution is 0.475. The molecule has 0 amide bonds. The SMILES string of the molecule is Cc1cnc(-c2cccc(O)c2)nc1. The van der Waals surface area contributed by atoms with Crippen LogP contribution in [0.25, 0.3) is 11.4 Å². The van der Waals surface area contributed by atoms with Crippen LogP contribution in [0.3, 0.4) is 0 Å². The number of rotatable bonds is 1. The topological polar surface area (TPSA) is 46.0 Å². The van der Waals surface area contributed by atoms with Gasteiger partial charge < -0.3 is 5.11 Å². The molecule has 3 nitrogen and oxygen atoms in total. The van der Waals surface area contributed by atoms with Crippen LogP contribution in [0.4, 0.5) is 0 Å². The molecule has 0 saturated heterocycles. The Hall–Kier alpha value is -1.90. The van der Waals surface area contributed by atoms with Gasteiger partial charge in [-0.15, -0.1) is 0 Å². The van der Waals surface area contributed by atoms with Crippen molar-refractivity contribution in [1.82, 2.24) is 9.97 Å². The third-order valence-corrected chi connectivity index (χ3v) is 1.89. The van der Waals surface area contributed by atoms with Gasteiger partial charge in [-0.25, -0.2) is 9.97 Å². The van der Waals surface area contributed by atoms with Crippen LogP contribution in [0.2, 0.25) is 0 Å². The van der Waals surface area contributed by atoms with Gasteiger partial charge >= 0.3 is 0 Å². The number of nitrogens with zero attached hydrogens (tertiary/aromatic N) is 2. The van der Waals surface area contributed by atoms with E-state index in [-0.39, 0.29) is 5.75 Å². The van der Waals surface area contributed by atoms with Crippen molar-refractivity contribution < 1.29 is 5.11 Å². The Morgan fingerprint density at radius 3 is 2.50 bits per heavy atom. The van der Waals surface area contributed by atoms with Gasteiger partial charge in [-0.1, -0.05) is 12.1 Å². The molecule has 1 aromatic heterocycles. The molecule has 0 fully saturated rings. The summed E-state index contributed by atoms with van der Waals surface area (Å²) >= 11 is 0. The minimum Gasteiger partial charge on any atom is -0.508 e. The minimum absolute atomic E-state index is 0.228. The Morgan fingerprint density at radius 2 is 1.86 bits per heavy atom. The number of aromatic nitrogens is 2. The maximum absolute atomic E-state index is 9.27. The Labute approximate surface area is 82.1 Å². The number of phenols is 1. The molecule has 3 heteroatoms. The second-order valence-corrected chi connectivity index (χ2v) is 3.13. The van der Waals surface area contributed by atoms with E-state index in [1.165, 1.54) is 0 Å². The predicted octanol–water partition coefficient (Wildman–Crippen LogP) is 2.16. The summed E-state index contributed by atoms with van der Waals surface area (Å²) in [7, 11) is 0. The molecule has 2 aromatic rings. The lowest BCUT2D eigenvalue weighted by Gasteiger charge is -2.00. The third-order valence-electron chi connectivity index (χ3n) is 1.89. The average Bonchev–Trinajstić information content (AvgIpc) is 2.19. The summed E-state index contributed by atoms with van der Waals surface area (Å²) in [5.74, 6) is 0.859. The maximum atomic E-state index is 9.27. The molecular formula is C11H10N2O. The van der Waals surface area contributed by atoms with Gasteiger partial charge in [0.15, 0.2) is 5.82 Å². The summed E-state index contributed by atoms with van der Waals surface area (Å²) in [6, 6.07) is 6.90. The highest BCUT2D eigenvalue weighted by Crippen LogP contribution is 2.19. The summed E-state index contributed by atoms with van der Waals surface area (Å²) in [4.78, 5) is 8.33. The fourth-order valence-corrected chi connectivity index (χ4v) is 1.19. The first-order valence-electron chi connectivity index (χ1n) is 4.34. The van der Waals surface area contributed by atoms with Gasteiger partial charge in [0.1, 0.15) is 5.75 Å². The van der Waals surface area contributed by atoms with E-state index in [2.05, 4.69) is 9.97 Å². The Kier molecular flexibility index (Phi) is 2.14. The zero-order chi connectivity index (χ0) is 9.97. The van der Waals surface area contributed by atoms with E-state index in [0.29, 0.717) is 5.82 Å². The molecule has 0 atom stereocenters. The van der Waals surface area contributed by atoms with Crippen molar-refractivity contribution in [2.24, 2.45) is 0 Å². The summed E-state index contributed by atoms with van der Waals surface area (Å²) in [6.45, 7) is 1.94. The Balaban J connectivity index is 2.44. The monoisotopic (exact) mass is 186 g/mol. The molecule has 2 rings (SSSR count). The third kappa shape index (κ3) is 1.71. The van der Waals surface area contributed by atoms with Crippen molar-refractivity contribution in [3.05, 3.63) is 42.2 Å². The molecule has 14 heavy (non-hydrogen) atoms. The summed E-state index contributed by atoms with van der Waals surface area (Å²) in [5.41, 5.74) is 1.85. The standard InChI is InChI=1S/C11H10N2O/c1-8-6-12-11(13-7-8)9-3-2-4-10(14)5-9/h2-7,14H,1H3. The number of benzene rings is 1. The Bertz CT molecular complexity index is 437. The van der Waals surface area contributed by atoms with E-state index in [1.807, 2.05) is 13.0 Å². The average molecular weight is 186 g/mol. The van der Waals surface area contributed by atoms with Crippen LogP contribution in [-0.4, -0.2) is 15.1 Å². The first kappa shape index (κ1) is 8.69. The van der Waals surface area contributed by atoms with Crippen molar-refractivity contribution >= 4 is 0 Å². The van der Waals surface area contributed by atoms with Gasteiger partial charge in [0.05, 0.1) is 0 Å². The molecule has 0 saturated carbocycles. The van der Waals surface area contributed by atoms with E-state index in [1.54, 1.807) is 30.6 Å².